The summed E-state index contributed by atoms with van der Waals surface area (Å²) in [4.78, 5) is 60.0. The first-order chi connectivity index (χ1) is 54.4. The first-order valence-electron chi connectivity index (χ1n) is 38.1. The summed E-state index contributed by atoms with van der Waals surface area (Å²) in [6, 6.07) is 45.6. The summed E-state index contributed by atoms with van der Waals surface area (Å²) in [6.07, 6.45) is 20.7. The molecule has 0 spiro atoms. The smallest absolute Gasteiger partial charge is 0.497 e. The summed E-state index contributed by atoms with van der Waals surface area (Å²) < 4.78 is 66.6. The number of methoxy groups -OCH3 is 2. The lowest BCUT2D eigenvalue weighted by Crippen LogP contribution is -2.34. The van der Waals surface area contributed by atoms with E-state index >= 15 is 0 Å². The van der Waals surface area contributed by atoms with Crippen molar-refractivity contribution in [2.45, 2.75) is 110 Å². The Morgan fingerprint density at radius 1 is 0.420 bits per heavy atom. The van der Waals surface area contributed by atoms with E-state index in [2.05, 4.69) is 158 Å². The largest absolute Gasteiger partial charge is 0.573 e. The Kier molecular flexibility index (Phi) is 20.9. The van der Waals surface area contributed by atoms with Gasteiger partial charge in [0.1, 0.15) is 77.0 Å². The average molecular weight is 1500 g/mol. The number of ether oxygens (including phenoxy) is 3. The van der Waals surface area contributed by atoms with Crippen LogP contribution < -0.4 is 28.9 Å². The molecule has 0 radical (unpaired) electrons. The number of hydrogen-bond acceptors (Lipinski definition) is 15. The number of imidazole rings is 3. The first-order valence-corrected chi connectivity index (χ1v) is 38.1. The van der Waals surface area contributed by atoms with Gasteiger partial charge in [0.25, 0.3) is 0 Å². The number of anilines is 3. The number of piperidine rings is 3. The van der Waals surface area contributed by atoms with E-state index in [0.29, 0.717) is 23.1 Å². The molecular formula is C90H85F4N15O3. The summed E-state index contributed by atoms with van der Waals surface area (Å²) >= 11 is 0. The molecule has 6 aromatic carbocycles. The molecule has 0 bridgehead atoms. The molecule has 18 nitrogen and oxygen atoms in total. The third-order valence-corrected chi connectivity index (χ3v) is 22.2. The fourth-order valence-electron chi connectivity index (χ4n) is 16.2. The monoisotopic (exact) mass is 1500 g/mol. The van der Waals surface area contributed by atoms with Crippen molar-refractivity contribution in [2.75, 3.05) is 68.2 Å². The van der Waals surface area contributed by atoms with Crippen molar-refractivity contribution < 1.29 is 31.8 Å². The summed E-state index contributed by atoms with van der Waals surface area (Å²) in [5, 5.41) is 0. The first kappa shape index (κ1) is 73.6. The molecule has 3 aliphatic heterocycles. The van der Waals surface area contributed by atoms with Crippen molar-refractivity contribution in [1.29, 1.82) is 0 Å². The van der Waals surface area contributed by atoms with E-state index in [1.54, 1.807) is 51.4 Å². The van der Waals surface area contributed by atoms with Crippen LogP contribution in [0.5, 0.6) is 17.2 Å². The van der Waals surface area contributed by atoms with E-state index in [9.17, 15) is 17.6 Å². The van der Waals surface area contributed by atoms with Gasteiger partial charge in [0.2, 0.25) is 0 Å². The highest BCUT2D eigenvalue weighted by molar-refractivity contribution is 5.93. The van der Waals surface area contributed by atoms with Gasteiger partial charge < -0.3 is 43.9 Å². The number of halogens is 4. The third-order valence-electron chi connectivity index (χ3n) is 22.2. The predicted molar refractivity (Wildman–Crippen MR) is 431 cm³/mol. The standard InChI is InChI=1S/C30H28F3N5O.C30H26FN5.C30H31N5O2/c1-18-6-8-20(9-7-18)23-15-25-26(16-23)34-17-35-29(25)38-12-10-21(11-13-38)28-36-19(2)27(37-28)22-4-3-5-24(14-22)39-30(31,32)33;1-3-20-7-9-21(10-8-20)24-16-26-27(17-24)32-18-33-30(26)36-13-11-22(12-14-36)29-34-19(2)28(35-29)23-5-4-6-25(31)15-23;1-19-28(20-7-9-24(36-2)10-8-20)34-29(33-19)21-11-13-35(14-12-21)30-26-16-23(17-27(26)31-18-32-30)22-5-4-6-25(15-22)37-3/h3-9,14-15,17,21H,10-13,16H2,1-2H3,(H,36,37);1,4-10,15-16,18,22H,11-14,17H2,2H3,(H,34,35);4-10,15-16,18,21H,11-14,17H2,1-3H3,(H,33,34). The number of aromatic nitrogens is 12. The molecular weight excluding hydrogens is 1420 g/mol. The minimum absolute atomic E-state index is 0.219. The molecule has 0 saturated carbocycles. The normalized spacial score (nSPS) is 15.6. The van der Waals surface area contributed by atoms with Crippen LogP contribution in [0.25, 0.3) is 68.7 Å². The lowest BCUT2D eigenvalue weighted by molar-refractivity contribution is -0.274. The second kappa shape index (κ2) is 31.8. The van der Waals surface area contributed by atoms with Crippen LogP contribution in [0.3, 0.4) is 0 Å². The quantitative estimate of drug-likeness (QED) is 0.0646. The third kappa shape index (κ3) is 16.0. The van der Waals surface area contributed by atoms with Crippen LogP contribution in [0.15, 0.2) is 165 Å². The van der Waals surface area contributed by atoms with Gasteiger partial charge in [-0.25, -0.2) is 49.2 Å². The van der Waals surface area contributed by atoms with Gasteiger partial charge in [-0.15, -0.1) is 19.6 Å². The van der Waals surface area contributed by atoms with Crippen molar-refractivity contribution in [1.82, 2.24) is 59.8 Å². The number of rotatable bonds is 15. The Hall–Kier alpha value is -12.5. The number of fused-ring (bicyclic) bond motifs is 3. The van der Waals surface area contributed by atoms with Gasteiger partial charge in [0.15, 0.2) is 0 Å². The van der Waals surface area contributed by atoms with Gasteiger partial charge in [-0.2, -0.15) is 0 Å². The lowest BCUT2D eigenvalue weighted by Gasteiger charge is -2.32. The molecule has 6 aliphatic rings. The molecule has 112 heavy (non-hydrogen) atoms. The van der Waals surface area contributed by atoms with Crippen LogP contribution in [0, 0.1) is 45.9 Å². The van der Waals surface area contributed by atoms with E-state index in [1.165, 1.54) is 63.2 Å². The molecule has 3 aliphatic carbocycles. The van der Waals surface area contributed by atoms with E-state index in [0.717, 1.165) is 222 Å². The topological polar surface area (TPSA) is 201 Å². The van der Waals surface area contributed by atoms with Crippen molar-refractivity contribution in [3.8, 4) is 63.4 Å². The molecule has 12 aromatic rings. The summed E-state index contributed by atoms with van der Waals surface area (Å²) in [6.45, 7) is 13.4. The molecule has 566 valence electrons. The zero-order valence-electron chi connectivity index (χ0n) is 63.3. The number of nitrogens with one attached hydrogen (secondary N) is 3. The SMILES string of the molecule is C#Cc1ccc(C2=Cc3c(ncnc3N3CCC(c4nc(-c5cccc(F)c5)c(C)[nH]4)CC3)C2)cc1.COc1ccc(-c2nc(C3CCN(c4ncnc5c4C=C(c4cccc(OC)c4)C5)CC3)[nH]c2C)cc1.Cc1ccc(C2=Cc3c(ncnc3N3CCC(c4nc(-c5cccc(OC(F)(F)F)c5)c(C)[nH]4)CC3)C2)cc1. The Labute approximate surface area is 648 Å². The van der Waals surface area contributed by atoms with Crippen molar-refractivity contribution in [2.24, 2.45) is 0 Å². The van der Waals surface area contributed by atoms with Crippen molar-refractivity contribution >= 4 is 52.4 Å². The van der Waals surface area contributed by atoms with Gasteiger partial charge >= 0.3 is 6.36 Å². The highest BCUT2D eigenvalue weighted by atomic mass is 19.4. The van der Waals surface area contributed by atoms with Crippen LogP contribution in [0.4, 0.5) is 35.0 Å². The molecule has 3 saturated heterocycles. The molecule has 3 fully saturated rings. The van der Waals surface area contributed by atoms with Gasteiger partial charge in [-0.05, 0) is 191 Å². The maximum Gasteiger partial charge on any atom is 0.573 e. The highest BCUT2D eigenvalue weighted by Gasteiger charge is 2.34. The number of benzene rings is 6. The molecule has 3 N–H and O–H groups in total. The summed E-state index contributed by atoms with van der Waals surface area (Å²) in [7, 11) is 3.39. The van der Waals surface area contributed by atoms with E-state index in [4.69, 9.17) is 35.8 Å². The number of aryl methyl sites for hydroxylation is 4. The zero-order chi connectivity index (χ0) is 77.2. The summed E-state index contributed by atoms with van der Waals surface area (Å²) in [5.41, 5.74) is 23.9. The second-order valence-electron chi connectivity index (χ2n) is 29.4. The number of terminal acetylenes is 1. The number of allylic oxidation sites excluding steroid dienone is 3. The molecule has 22 heteroatoms. The number of aromatic amines is 3. The Bertz CT molecular complexity index is 5580. The van der Waals surface area contributed by atoms with Crippen LogP contribution in [0.1, 0.15) is 152 Å². The Morgan fingerprint density at radius 2 is 0.795 bits per heavy atom. The van der Waals surface area contributed by atoms with Gasteiger partial charge in [-0.1, -0.05) is 84.3 Å². The molecule has 18 rings (SSSR count). The van der Waals surface area contributed by atoms with Gasteiger partial charge in [0, 0.05) is 132 Å². The van der Waals surface area contributed by atoms with E-state index in [1.807, 2.05) is 56.3 Å². The number of nitrogens with zero attached hydrogens (tertiary/aromatic N) is 12. The molecule has 9 heterocycles. The van der Waals surface area contributed by atoms with Crippen LogP contribution in [0.2, 0.25) is 0 Å². The molecule has 0 atom stereocenters. The fraction of sp³-hybridized carbons (Fsp3) is 0.278. The van der Waals surface area contributed by atoms with E-state index < -0.39 is 6.36 Å². The highest BCUT2D eigenvalue weighted by Crippen LogP contribution is 2.43. The van der Waals surface area contributed by atoms with Crippen LogP contribution >= 0.6 is 0 Å². The summed E-state index contributed by atoms with van der Waals surface area (Å²) in [5.74, 6) is 10.8. The minimum atomic E-state index is -4.74. The van der Waals surface area contributed by atoms with Crippen molar-refractivity contribution in [3.63, 3.8) is 0 Å². The Balaban J connectivity index is 0.000000127. The molecule has 0 amide bonds. The second-order valence-corrected chi connectivity index (χ2v) is 29.4. The predicted octanol–water partition coefficient (Wildman–Crippen LogP) is 18.3. The number of hydrogen-bond donors (Lipinski definition) is 3. The maximum absolute atomic E-state index is 13.7. The van der Waals surface area contributed by atoms with Gasteiger partial charge in [-0.3, -0.25) is 0 Å². The average Bonchev–Trinajstić information content (AvgIpc) is 1.63. The van der Waals surface area contributed by atoms with Gasteiger partial charge in [0.05, 0.1) is 48.4 Å². The fourth-order valence-corrected chi connectivity index (χ4v) is 16.2. The minimum Gasteiger partial charge on any atom is -0.497 e. The Morgan fingerprint density at radius 3 is 1.21 bits per heavy atom. The molecule has 6 aromatic heterocycles. The van der Waals surface area contributed by atoms with E-state index in [-0.39, 0.29) is 17.5 Å². The number of alkyl halides is 3. The molecule has 0 unspecified atom stereocenters. The maximum atomic E-state index is 13.7. The van der Waals surface area contributed by atoms with Crippen LogP contribution in [-0.4, -0.2) is 120 Å². The van der Waals surface area contributed by atoms with Crippen molar-refractivity contribution in [3.05, 3.63) is 267 Å². The van der Waals surface area contributed by atoms with Crippen LogP contribution in [-0.2, 0) is 19.3 Å². The zero-order valence-corrected chi connectivity index (χ0v) is 63.3. The lowest BCUT2D eigenvalue weighted by atomic mass is 9.96. The number of H-pyrrole nitrogens is 3.